The van der Waals surface area contributed by atoms with Crippen molar-refractivity contribution in [2.24, 2.45) is 5.92 Å². The molecule has 1 saturated heterocycles. The molecule has 2 aromatic carbocycles. The van der Waals surface area contributed by atoms with E-state index < -0.39 is 10.0 Å². The van der Waals surface area contributed by atoms with Gasteiger partial charge in [-0.05, 0) is 73.8 Å². The molecule has 3 rings (SSSR count). The molecule has 1 N–H and O–H groups in total. The third-order valence-electron chi connectivity index (χ3n) is 5.76. The van der Waals surface area contributed by atoms with E-state index in [1.165, 1.54) is 48.9 Å². The summed E-state index contributed by atoms with van der Waals surface area (Å²) in [6.07, 6.45) is 2.50. The van der Waals surface area contributed by atoms with Crippen LogP contribution in [0.1, 0.15) is 35.7 Å². The molecule has 1 aliphatic rings. The number of rotatable bonds is 9. The zero-order chi connectivity index (χ0) is 23.1. The Morgan fingerprint density at radius 2 is 1.69 bits per heavy atom. The number of piperidine rings is 1. The maximum Gasteiger partial charge on any atom is 0.251 e. The topological polar surface area (TPSA) is 79.0 Å². The predicted molar refractivity (Wildman–Crippen MR) is 125 cm³/mol. The van der Waals surface area contributed by atoms with Crippen LogP contribution >= 0.6 is 0 Å². The molecule has 1 aliphatic heterocycles. The van der Waals surface area contributed by atoms with Gasteiger partial charge in [-0.3, -0.25) is 9.69 Å². The van der Waals surface area contributed by atoms with Crippen molar-refractivity contribution < 1.29 is 17.9 Å². The van der Waals surface area contributed by atoms with E-state index in [0.717, 1.165) is 25.6 Å². The van der Waals surface area contributed by atoms with Gasteiger partial charge in [-0.2, -0.15) is 0 Å². The van der Waals surface area contributed by atoms with Crippen LogP contribution < -0.4 is 10.1 Å². The zero-order valence-corrected chi connectivity index (χ0v) is 19.9. The molecule has 0 unspecified atom stereocenters. The van der Waals surface area contributed by atoms with Gasteiger partial charge in [0.1, 0.15) is 12.4 Å². The van der Waals surface area contributed by atoms with E-state index >= 15 is 0 Å². The lowest BCUT2D eigenvalue weighted by Crippen LogP contribution is -2.32. The van der Waals surface area contributed by atoms with Crippen LogP contribution in [0.25, 0.3) is 0 Å². The maximum atomic E-state index is 12.4. The predicted octanol–water partition coefficient (Wildman–Crippen LogP) is 2.98. The van der Waals surface area contributed by atoms with Crippen LogP contribution in [0.3, 0.4) is 0 Å². The van der Waals surface area contributed by atoms with E-state index in [1.807, 2.05) is 24.3 Å². The van der Waals surface area contributed by atoms with Gasteiger partial charge in [0.15, 0.2) is 0 Å². The van der Waals surface area contributed by atoms with Crippen molar-refractivity contribution in [1.82, 2.24) is 14.5 Å². The van der Waals surface area contributed by atoms with Gasteiger partial charge in [0, 0.05) is 26.2 Å². The molecule has 1 heterocycles. The molecule has 8 heteroatoms. The van der Waals surface area contributed by atoms with Crippen molar-refractivity contribution in [2.45, 2.75) is 31.2 Å². The Labute approximate surface area is 191 Å². The molecule has 0 aliphatic carbocycles. The standard InChI is InChI=1S/C24H33N3O4S/c1-19-12-15-27(16-13-19)18-20-4-6-21(7-5-20)24(28)25-14-17-31-22-8-10-23(11-9-22)32(29,30)26(2)3/h4-11,19H,12-18H2,1-3H3,(H,25,28). The summed E-state index contributed by atoms with van der Waals surface area (Å²) in [5.41, 5.74) is 1.85. The minimum absolute atomic E-state index is 0.139. The number of likely N-dealkylation sites (tertiary alicyclic amines) is 1. The molecule has 0 saturated carbocycles. The number of benzene rings is 2. The van der Waals surface area contributed by atoms with Gasteiger partial charge in [0.05, 0.1) is 11.4 Å². The number of nitrogens with one attached hydrogen (secondary N) is 1. The van der Waals surface area contributed by atoms with E-state index in [-0.39, 0.29) is 17.4 Å². The van der Waals surface area contributed by atoms with Gasteiger partial charge in [-0.15, -0.1) is 0 Å². The van der Waals surface area contributed by atoms with Crippen molar-refractivity contribution >= 4 is 15.9 Å². The van der Waals surface area contributed by atoms with Gasteiger partial charge in [0.25, 0.3) is 5.91 Å². The number of nitrogens with zero attached hydrogens (tertiary/aromatic N) is 2. The van der Waals surface area contributed by atoms with E-state index in [1.54, 1.807) is 12.1 Å². The van der Waals surface area contributed by atoms with Gasteiger partial charge in [-0.1, -0.05) is 19.1 Å². The van der Waals surface area contributed by atoms with Crippen LogP contribution in [0.2, 0.25) is 0 Å². The summed E-state index contributed by atoms with van der Waals surface area (Å²) < 4.78 is 30.9. The number of sulfonamides is 1. The van der Waals surface area contributed by atoms with E-state index in [9.17, 15) is 13.2 Å². The highest BCUT2D eigenvalue weighted by molar-refractivity contribution is 7.89. The van der Waals surface area contributed by atoms with Crippen molar-refractivity contribution in [3.05, 3.63) is 59.7 Å². The Morgan fingerprint density at radius 1 is 1.06 bits per heavy atom. The second kappa shape index (κ2) is 10.9. The molecule has 1 fully saturated rings. The molecule has 32 heavy (non-hydrogen) atoms. The first-order chi connectivity index (χ1) is 15.3. The highest BCUT2D eigenvalue weighted by Crippen LogP contribution is 2.19. The number of hydrogen-bond donors (Lipinski definition) is 1. The van der Waals surface area contributed by atoms with Crippen molar-refractivity contribution in [3.63, 3.8) is 0 Å². The van der Waals surface area contributed by atoms with Crippen LogP contribution in [0.5, 0.6) is 5.75 Å². The average molecular weight is 460 g/mol. The number of hydrogen-bond acceptors (Lipinski definition) is 5. The minimum Gasteiger partial charge on any atom is -0.492 e. The third kappa shape index (κ3) is 6.54. The second-order valence-corrected chi connectivity index (χ2v) is 10.7. The zero-order valence-electron chi connectivity index (χ0n) is 19.1. The van der Waals surface area contributed by atoms with E-state index in [0.29, 0.717) is 17.9 Å². The monoisotopic (exact) mass is 459 g/mol. The van der Waals surface area contributed by atoms with Gasteiger partial charge >= 0.3 is 0 Å². The Morgan fingerprint density at radius 3 is 2.28 bits per heavy atom. The first kappa shape index (κ1) is 24.2. The lowest BCUT2D eigenvalue weighted by molar-refractivity contribution is 0.0947. The summed E-state index contributed by atoms with van der Waals surface area (Å²) in [5.74, 6) is 1.23. The Balaban J connectivity index is 1.41. The molecule has 0 radical (unpaired) electrons. The summed E-state index contributed by atoms with van der Waals surface area (Å²) in [4.78, 5) is 15.0. The van der Waals surface area contributed by atoms with Crippen LogP contribution in [0.4, 0.5) is 0 Å². The first-order valence-corrected chi connectivity index (χ1v) is 12.4. The Kier molecular flexibility index (Phi) is 8.28. The normalized spacial score (nSPS) is 15.6. The largest absolute Gasteiger partial charge is 0.492 e. The number of ether oxygens (including phenoxy) is 1. The number of amides is 1. The Hall–Kier alpha value is -2.42. The summed E-state index contributed by atoms with van der Waals surface area (Å²) >= 11 is 0. The second-order valence-electron chi connectivity index (χ2n) is 8.52. The molecule has 0 bridgehead atoms. The highest BCUT2D eigenvalue weighted by Gasteiger charge is 2.17. The summed E-state index contributed by atoms with van der Waals surface area (Å²) in [6, 6.07) is 14.0. The molecular formula is C24H33N3O4S. The fourth-order valence-corrected chi connectivity index (χ4v) is 4.50. The summed E-state index contributed by atoms with van der Waals surface area (Å²) in [6.45, 7) is 6.15. The van der Waals surface area contributed by atoms with Crippen molar-refractivity contribution in [1.29, 1.82) is 0 Å². The summed E-state index contributed by atoms with van der Waals surface area (Å²) in [7, 11) is -0.474. The molecule has 7 nitrogen and oxygen atoms in total. The molecule has 0 atom stereocenters. The van der Waals surface area contributed by atoms with Crippen molar-refractivity contribution in [2.75, 3.05) is 40.3 Å². The summed E-state index contributed by atoms with van der Waals surface area (Å²) in [5, 5.41) is 2.85. The van der Waals surface area contributed by atoms with Gasteiger partial charge in [-0.25, -0.2) is 12.7 Å². The van der Waals surface area contributed by atoms with Crippen LogP contribution in [0, 0.1) is 5.92 Å². The Bertz CT molecular complexity index is 981. The molecule has 1 amide bonds. The minimum atomic E-state index is -3.46. The number of carbonyl (C=O) groups is 1. The highest BCUT2D eigenvalue weighted by atomic mass is 32.2. The average Bonchev–Trinajstić information content (AvgIpc) is 2.79. The van der Waals surface area contributed by atoms with Gasteiger partial charge in [0.2, 0.25) is 10.0 Å². The molecule has 174 valence electrons. The van der Waals surface area contributed by atoms with Crippen LogP contribution in [-0.2, 0) is 16.6 Å². The molecule has 2 aromatic rings. The fourth-order valence-electron chi connectivity index (χ4n) is 3.59. The van der Waals surface area contributed by atoms with Gasteiger partial charge < -0.3 is 10.1 Å². The first-order valence-electron chi connectivity index (χ1n) is 11.0. The third-order valence-corrected chi connectivity index (χ3v) is 7.59. The maximum absolute atomic E-state index is 12.4. The van der Waals surface area contributed by atoms with Crippen LogP contribution in [0.15, 0.2) is 53.4 Å². The lowest BCUT2D eigenvalue weighted by Gasteiger charge is -2.30. The quantitative estimate of drug-likeness (QED) is 0.584. The van der Waals surface area contributed by atoms with Crippen molar-refractivity contribution in [3.8, 4) is 5.75 Å². The lowest BCUT2D eigenvalue weighted by atomic mass is 9.99. The molecule has 0 aromatic heterocycles. The SMILES string of the molecule is CC1CCN(Cc2ccc(C(=O)NCCOc3ccc(S(=O)(=O)N(C)C)cc3)cc2)CC1. The number of carbonyl (C=O) groups excluding carboxylic acids is 1. The molecular weight excluding hydrogens is 426 g/mol. The van der Waals surface area contributed by atoms with E-state index in [2.05, 4.69) is 17.1 Å². The van der Waals surface area contributed by atoms with E-state index in [4.69, 9.17) is 4.74 Å². The molecule has 0 spiro atoms. The van der Waals surface area contributed by atoms with Crippen LogP contribution in [-0.4, -0.2) is 63.9 Å². The smallest absolute Gasteiger partial charge is 0.251 e. The fraction of sp³-hybridized carbons (Fsp3) is 0.458.